The van der Waals surface area contributed by atoms with Crippen LogP contribution >= 0.6 is 35.0 Å². The fraction of sp³-hybridized carbons (Fsp3) is 0.158. The maximum absolute atomic E-state index is 13.1. The lowest BCUT2D eigenvalue weighted by molar-refractivity contribution is -0.119. The van der Waals surface area contributed by atoms with Crippen molar-refractivity contribution in [2.24, 2.45) is 0 Å². The number of rotatable bonds is 4. The number of halogens is 2. The Morgan fingerprint density at radius 3 is 2.20 bits per heavy atom. The first-order valence-corrected chi connectivity index (χ1v) is 9.34. The standard InChI is InChI=1S/C19H15Cl2NO2S/c1-11(2)25-17-16(12-6-4-3-5-7-12)18(23)22(19(17)24)13-8-9-14(20)15(21)10-13/h3-11H,1-2H3. The Kier molecular flexibility index (Phi) is 5.23. The van der Waals surface area contributed by atoms with Gasteiger partial charge < -0.3 is 0 Å². The van der Waals surface area contributed by atoms with E-state index < -0.39 is 0 Å². The molecular formula is C19H15Cl2NO2S. The highest BCUT2D eigenvalue weighted by Gasteiger charge is 2.40. The summed E-state index contributed by atoms with van der Waals surface area (Å²) in [7, 11) is 0. The maximum Gasteiger partial charge on any atom is 0.272 e. The average Bonchev–Trinajstić information content (AvgIpc) is 2.81. The lowest BCUT2D eigenvalue weighted by Gasteiger charge is -2.16. The van der Waals surface area contributed by atoms with Crippen LogP contribution in [0, 0.1) is 0 Å². The van der Waals surface area contributed by atoms with Gasteiger partial charge in [0.1, 0.15) is 0 Å². The van der Waals surface area contributed by atoms with E-state index in [0.717, 1.165) is 10.5 Å². The number of imide groups is 1. The number of amides is 2. The van der Waals surface area contributed by atoms with Crippen LogP contribution in [0.5, 0.6) is 0 Å². The number of benzene rings is 2. The topological polar surface area (TPSA) is 37.4 Å². The van der Waals surface area contributed by atoms with E-state index in [4.69, 9.17) is 23.2 Å². The van der Waals surface area contributed by atoms with Crippen molar-refractivity contribution in [1.82, 2.24) is 0 Å². The molecule has 1 heterocycles. The molecule has 3 nitrogen and oxygen atoms in total. The van der Waals surface area contributed by atoms with Gasteiger partial charge in [0.05, 0.1) is 26.2 Å². The summed E-state index contributed by atoms with van der Waals surface area (Å²) in [6.45, 7) is 3.97. The van der Waals surface area contributed by atoms with E-state index >= 15 is 0 Å². The molecular weight excluding hydrogens is 377 g/mol. The first-order valence-electron chi connectivity index (χ1n) is 7.70. The van der Waals surface area contributed by atoms with E-state index in [2.05, 4.69) is 0 Å². The molecule has 0 saturated heterocycles. The molecule has 2 amide bonds. The summed E-state index contributed by atoms with van der Waals surface area (Å²) in [5.74, 6) is -0.682. The summed E-state index contributed by atoms with van der Waals surface area (Å²) < 4.78 is 0. The molecule has 0 spiro atoms. The van der Waals surface area contributed by atoms with Gasteiger partial charge in [-0.25, -0.2) is 4.90 Å². The second-order valence-corrected chi connectivity index (χ2v) is 8.18. The minimum absolute atomic E-state index is 0.166. The number of thioether (sulfide) groups is 1. The summed E-state index contributed by atoms with van der Waals surface area (Å²) in [6, 6.07) is 14.0. The molecule has 1 aliphatic rings. The van der Waals surface area contributed by atoms with Crippen LogP contribution in [-0.2, 0) is 9.59 Å². The van der Waals surface area contributed by atoms with Crippen LogP contribution in [0.3, 0.4) is 0 Å². The lowest BCUT2D eigenvalue weighted by Crippen LogP contribution is -2.31. The van der Waals surface area contributed by atoms with Crippen LogP contribution in [0.1, 0.15) is 19.4 Å². The number of carbonyl (C=O) groups is 2. The summed E-state index contributed by atoms with van der Waals surface area (Å²) in [5.41, 5.74) is 1.57. The van der Waals surface area contributed by atoms with Crippen molar-refractivity contribution in [2.45, 2.75) is 19.1 Å². The largest absolute Gasteiger partial charge is 0.272 e. The predicted molar refractivity (Wildman–Crippen MR) is 105 cm³/mol. The third kappa shape index (κ3) is 3.47. The summed E-state index contributed by atoms with van der Waals surface area (Å²) >= 11 is 13.4. The highest BCUT2D eigenvalue weighted by molar-refractivity contribution is 8.04. The lowest BCUT2D eigenvalue weighted by atomic mass is 10.1. The van der Waals surface area contributed by atoms with Crippen molar-refractivity contribution in [3.05, 3.63) is 69.0 Å². The second kappa shape index (κ2) is 7.24. The Bertz CT molecular complexity index is 878. The molecule has 0 aliphatic carbocycles. The van der Waals surface area contributed by atoms with Crippen LogP contribution < -0.4 is 4.90 Å². The molecule has 0 aromatic heterocycles. The van der Waals surface area contributed by atoms with Crippen molar-refractivity contribution >= 4 is 58.0 Å². The van der Waals surface area contributed by atoms with Gasteiger partial charge in [0.15, 0.2) is 0 Å². The minimum Gasteiger partial charge on any atom is -0.268 e. The van der Waals surface area contributed by atoms with Crippen molar-refractivity contribution < 1.29 is 9.59 Å². The molecule has 3 rings (SSSR count). The van der Waals surface area contributed by atoms with E-state index in [-0.39, 0.29) is 17.1 Å². The van der Waals surface area contributed by atoms with Gasteiger partial charge in [0.2, 0.25) is 0 Å². The number of nitrogens with zero attached hydrogens (tertiary/aromatic N) is 1. The normalized spacial score (nSPS) is 14.8. The number of hydrogen-bond donors (Lipinski definition) is 0. The fourth-order valence-corrected chi connectivity index (χ4v) is 3.85. The van der Waals surface area contributed by atoms with Gasteiger partial charge in [-0.15, -0.1) is 11.8 Å². The maximum atomic E-state index is 13.1. The average molecular weight is 392 g/mol. The molecule has 0 radical (unpaired) electrons. The zero-order valence-corrected chi connectivity index (χ0v) is 16.0. The van der Waals surface area contributed by atoms with Gasteiger partial charge in [0.25, 0.3) is 11.8 Å². The molecule has 25 heavy (non-hydrogen) atoms. The van der Waals surface area contributed by atoms with E-state index in [1.54, 1.807) is 12.1 Å². The molecule has 0 bridgehead atoms. The Labute approximate surface area is 160 Å². The van der Waals surface area contributed by atoms with Gasteiger partial charge in [-0.2, -0.15) is 0 Å². The Hall–Kier alpha value is -1.75. The van der Waals surface area contributed by atoms with Crippen molar-refractivity contribution in [3.63, 3.8) is 0 Å². The number of carbonyl (C=O) groups excluding carboxylic acids is 2. The number of anilines is 1. The first-order chi connectivity index (χ1) is 11.9. The van der Waals surface area contributed by atoms with Crippen LogP contribution in [0.2, 0.25) is 10.0 Å². The zero-order valence-electron chi connectivity index (χ0n) is 13.6. The van der Waals surface area contributed by atoms with E-state index in [1.165, 1.54) is 17.8 Å². The molecule has 0 unspecified atom stereocenters. The molecule has 0 saturated carbocycles. The van der Waals surface area contributed by atoms with E-state index in [9.17, 15) is 9.59 Å². The van der Waals surface area contributed by atoms with Gasteiger partial charge in [-0.3, -0.25) is 9.59 Å². The third-order valence-corrected chi connectivity index (χ3v) is 5.44. The summed E-state index contributed by atoms with van der Waals surface area (Å²) in [6.07, 6.45) is 0. The van der Waals surface area contributed by atoms with Crippen molar-refractivity contribution in [1.29, 1.82) is 0 Å². The zero-order chi connectivity index (χ0) is 18.1. The molecule has 0 atom stereocenters. The molecule has 1 aliphatic heterocycles. The Balaban J connectivity index is 2.10. The van der Waals surface area contributed by atoms with E-state index in [1.807, 2.05) is 44.2 Å². The van der Waals surface area contributed by atoms with E-state index in [0.29, 0.717) is 26.2 Å². The van der Waals surface area contributed by atoms with Gasteiger partial charge in [-0.05, 0) is 23.8 Å². The monoisotopic (exact) mass is 391 g/mol. The molecule has 2 aromatic rings. The van der Waals surface area contributed by atoms with Gasteiger partial charge in [-0.1, -0.05) is 67.4 Å². The van der Waals surface area contributed by atoms with Crippen LogP contribution in [0.25, 0.3) is 5.57 Å². The third-order valence-electron chi connectivity index (χ3n) is 3.62. The van der Waals surface area contributed by atoms with Gasteiger partial charge in [0, 0.05) is 5.25 Å². The summed E-state index contributed by atoms with van der Waals surface area (Å²) in [4.78, 5) is 27.7. The SMILES string of the molecule is CC(C)SC1=C(c2ccccc2)C(=O)N(c2ccc(Cl)c(Cl)c2)C1=O. The smallest absolute Gasteiger partial charge is 0.268 e. The molecule has 128 valence electrons. The Morgan fingerprint density at radius 2 is 1.60 bits per heavy atom. The fourth-order valence-electron chi connectivity index (χ4n) is 2.57. The van der Waals surface area contributed by atoms with Gasteiger partial charge >= 0.3 is 0 Å². The van der Waals surface area contributed by atoms with Crippen LogP contribution in [0.4, 0.5) is 5.69 Å². The summed E-state index contributed by atoms with van der Waals surface area (Å²) in [5, 5.41) is 0.836. The van der Waals surface area contributed by atoms with Crippen molar-refractivity contribution in [2.75, 3.05) is 4.90 Å². The highest BCUT2D eigenvalue weighted by atomic mass is 35.5. The highest BCUT2D eigenvalue weighted by Crippen LogP contribution is 2.40. The molecule has 2 aromatic carbocycles. The Morgan fingerprint density at radius 1 is 0.920 bits per heavy atom. The quantitative estimate of drug-likeness (QED) is 0.652. The first kappa shape index (κ1) is 18.1. The molecule has 6 heteroatoms. The van der Waals surface area contributed by atoms with Crippen LogP contribution in [-0.4, -0.2) is 17.1 Å². The molecule has 0 fully saturated rings. The van der Waals surface area contributed by atoms with Crippen molar-refractivity contribution in [3.8, 4) is 0 Å². The number of hydrogen-bond acceptors (Lipinski definition) is 3. The second-order valence-electron chi connectivity index (χ2n) is 5.78. The molecule has 0 N–H and O–H groups in total. The van der Waals surface area contributed by atoms with Crippen LogP contribution in [0.15, 0.2) is 53.4 Å². The predicted octanol–water partition coefficient (Wildman–Crippen LogP) is 5.42. The minimum atomic E-state index is -0.349.